The maximum Gasteiger partial charge on any atom is 0.244 e. The van der Waals surface area contributed by atoms with Gasteiger partial charge >= 0.3 is 0 Å². The molecule has 0 aliphatic rings. The second-order valence-corrected chi connectivity index (χ2v) is 12.2. The van der Waals surface area contributed by atoms with Crippen LogP contribution in [0.3, 0.4) is 0 Å². The number of carbonyl (C=O) groups is 2. The summed E-state index contributed by atoms with van der Waals surface area (Å²) in [5.41, 5.74) is 10.6. The molecule has 0 aliphatic carbocycles. The second-order valence-electron chi connectivity index (χ2n) is 9.39. The molecule has 0 bridgehead atoms. The lowest BCUT2D eigenvalue weighted by Crippen LogP contribution is -2.50. The second kappa shape index (κ2) is 12.5. The lowest BCUT2D eigenvalue weighted by Gasteiger charge is -2.36. The number of benzene rings is 3. The van der Waals surface area contributed by atoms with Crippen LogP contribution in [-0.2, 0) is 20.1 Å². The number of carbonyl (C=O) groups excluding carboxylic acids is 2. The van der Waals surface area contributed by atoms with Crippen LogP contribution in [0.2, 0.25) is 0 Å². The zero-order valence-corrected chi connectivity index (χ0v) is 23.1. The van der Waals surface area contributed by atoms with Crippen molar-refractivity contribution in [2.75, 3.05) is 5.75 Å². The van der Waals surface area contributed by atoms with E-state index in [1.807, 2.05) is 54.6 Å². The average Bonchev–Trinajstić information content (AvgIpc) is 3.48. The van der Waals surface area contributed by atoms with E-state index in [2.05, 4.69) is 51.7 Å². The minimum Gasteiger partial charge on any atom is -0.348 e. The van der Waals surface area contributed by atoms with E-state index in [-0.39, 0.29) is 5.91 Å². The zero-order valence-electron chi connectivity index (χ0n) is 21.5. The molecule has 0 radical (unpaired) electrons. The number of amides is 2. The van der Waals surface area contributed by atoms with Gasteiger partial charge in [0.1, 0.15) is 0 Å². The van der Waals surface area contributed by atoms with Crippen molar-refractivity contribution < 1.29 is 9.59 Å². The molecule has 2 amide bonds. The van der Waals surface area contributed by atoms with Crippen molar-refractivity contribution in [3.05, 3.63) is 126 Å². The van der Waals surface area contributed by atoms with Gasteiger partial charge in [0.25, 0.3) is 0 Å². The van der Waals surface area contributed by atoms with E-state index in [4.69, 9.17) is 5.73 Å². The molecule has 4 rings (SSSR count). The summed E-state index contributed by atoms with van der Waals surface area (Å²) in [6.45, 7) is 3.59. The number of thioether (sulfide) groups is 2. The maximum absolute atomic E-state index is 13.1. The Morgan fingerprint density at radius 2 is 1.37 bits per heavy atom. The number of hydrogen-bond acceptors (Lipinski definition) is 6. The van der Waals surface area contributed by atoms with Gasteiger partial charge in [-0.15, -0.1) is 23.5 Å². The van der Waals surface area contributed by atoms with Crippen LogP contribution in [0, 0.1) is 0 Å². The first-order valence-electron chi connectivity index (χ1n) is 12.4. The molecule has 4 aromatic rings. The number of imidazole rings is 1. The normalized spacial score (nSPS) is 12.6. The summed E-state index contributed by atoms with van der Waals surface area (Å²) >= 11 is 3.02. The van der Waals surface area contributed by atoms with Crippen molar-refractivity contribution in [2.24, 2.45) is 5.73 Å². The first-order chi connectivity index (χ1) is 18.3. The minimum atomic E-state index is -0.882. The van der Waals surface area contributed by atoms with Crippen LogP contribution in [0.4, 0.5) is 0 Å². The van der Waals surface area contributed by atoms with Gasteiger partial charge in [0.05, 0.1) is 21.9 Å². The fourth-order valence-corrected chi connectivity index (χ4v) is 6.45. The molecular weight excluding hydrogens is 512 g/mol. The SMILES string of the molecule is CC(C)(SCc1cnc[nH]1)C(=O)NC(=O)[C@@H](N)CSC(c1ccccc1)(c1ccccc1)c1ccccc1. The molecule has 38 heavy (non-hydrogen) atoms. The summed E-state index contributed by atoms with van der Waals surface area (Å²) in [5.74, 6) is 0.0257. The van der Waals surface area contributed by atoms with Gasteiger partial charge in [-0.25, -0.2) is 4.98 Å². The molecule has 4 N–H and O–H groups in total. The molecular formula is C30H32N4O2S2. The quantitative estimate of drug-likeness (QED) is 0.227. The van der Waals surface area contributed by atoms with Crippen molar-refractivity contribution in [2.45, 2.75) is 35.1 Å². The Bertz CT molecular complexity index is 1220. The molecule has 0 spiro atoms. The smallest absolute Gasteiger partial charge is 0.244 e. The topological polar surface area (TPSA) is 101 Å². The number of nitrogens with zero attached hydrogens (tertiary/aromatic N) is 1. The number of nitrogens with one attached hydrogen (secondary N) is 2. The molecule has 8 heteroatoms. The van der Waals surface area contributed by atoms with E-state index in [1.54, 1.807) is 38.1 Å². The molecule has 0 saturated carbocycles. The van der Waals surface area contributed by atoms with E-state index in [1.165, 1.54) is 11.8 Å². The zero-order chi connectivity index (χ0) is 27.0. The third-order valence-corrected chi connectivity index (χ3v) is 9.31. The number of hydrogen-bond donors (Lipinski definition) is 3. The van der Waals surface area contributed by atoms with E-state index < -0.39 is 21.4 Å². The highest BCUT2D eigenvalue weighted by atomic mass is 32.2. The van der Waals surface area contributed by atoms with Gasteiger partial charge in [-0.2, -0.15) is 0 Å². The summed E-state index contributed by atoms with van der Waals surface area (Å²) in [6, 6.07) is 29.8. The van der Waals surface area contributed by atoms with Crippen LogP contribution in [0.15, 0.2) is 104 Å². The Labute approximate surface area is 232 Å². The maximum atomic E-state index is 13.1. The Kier molecular flexibility index (Phi) is 9.09. The molecule has 1 atom stereocenters. The first kappa shape index (κ1) is 27.7. The third kappa shape index (κ3) is 6.38. The van der Waals surface area contributed by atoms with Crippen molar-refractivity contribution in [1.29, 1.82) is 0 Å². The third-order valence-electron chi connectivity index (χ3n) is 6.28. The molecule has 1 heterocycles. The van der Waals surface area contributed by atoms with Crippen LogP contribution in [0.5, 0.6) is 0 Å². The van der Waals surface area contributed by atoms with Gasteiger partial charge in [0.15, 0.2) is 0 Å². The van der Waals surface area contributed by atoms with Gasteiger partial charge in [-0.3, -0.25) is 14.9 Å². The molecule has 0 fully saturated rings. The Balaban J connectivity index is 1.53. The van der Waals surface area contributed by atoms with Gasteiger partial charge in [-0.05, 0) is 30.5 Å². The molecule has 196 valence electrons. The summed E-state index contributed by atoms with van der Waals surface area (Å²) in [4.78, 5) is 33.1. The Morgan fingerprint density at radius 1 is 0.868 bits per heavy atom. The lowest BCUT2D eigenvalue weighted by atomic mass is 9.84. The fraction of sp³-hybridized carbons (Fsp3) is 0.233. The molecule has 0 unspecified atom stereocenters. The molecule has 0 aliphatic heterocycles. The Hall–Kier alpha value is -3.33. The van der Waals surface area contributed by atoms with Crippen LogP contribution >= 0.6 is 23.5 Å². The van der Waals surface area contributed by atoms with Crippen LogP contribution in [-0.4, -0.2) is 38.3 Å². The van der Waals surface area contributed by atoms with Crippen LogP contribution in [0.1, 0.15) is 36.2 Å². The molecule has 3 aromatic carbocycles. The van der Waals surface area contributed by atoms with Crippen molar-refractivity contribution >= 4 is 35.3 Å². The standard InChI is InChI=1S/C30H32N4O2S2/c1-29(2,37-19-25-18-32-21-33-25)28(36)34-27(35)26(31)20-38-30(22-12-6-3-7-13-22,23-14-8-4-9-15-23)24-16-10-5-11-17-24/h3-18,21,26H,19-20,31H2,1-2H3,(H,32,33)(H,34,35,36)/t26-/m0/s1. The van der Waals surface area contributed by atoms with Gasteiger partial charge < -0.3 is 10.7 Å². The van der Waals surface area contributed by atoms with Gasteiger partial charge in [0, 0.05) is 23.4 Å². The van der Waals surface area contributed by atoms with E-state index >= 15 is 0 Å². The largest absolute Gasteiger partial charge is 0.348 e. The molecule has 6 nitrogen and oxygen atoms in total. The predicted molar refractivity (Wildman–Crippen MR) is 157 cm³/mol. The number of nitrogens with two attached hydrogens (primary N) is 1. The van der Waals surface area contributed by atoms with Gasteiger partial charge in [0.2, 0.25) is 11.8 Å². The predicted octanol–water partition coefficient (Wildman–Crippen LogP) is 5.12. The van der Waals surface area contributed by atoms with E-state index in [0.717, 1.165) is 22.4 Å². The lowest BCUT2D eigenvalue weighted by molar-refractivity contribution is -0.131. The summed E-state index contributed by atoms with van der Waals surface area (Å²) in [5, 5.41) is 2.54. The minimum absolute atomic E-state index is 0.305. The number of H-pyrrole nitrogens is 1. The van der Waals surface area contributed by atoms with Crippen molar-refractivity contribution in [3.63, 3.8) is 0 Å². The highest BCUT2D eigenvalue weighted by Crippen LogP contribution is 2.48. The number of rotatable bonds is 11. The summed E-state index contributed by atoms with van der Waals surface area (Å²) < 4.78 is -1.42. The Morgan fingerprint density at radius 3 is 1.82 bits per heavy atom. The monoisotopic (exact) mass is 544 g/mol. The highest BCUT2D eigenvalue weighted by Gasteiger charge is 2.38. The molecule has 0 saturated heterocycles. The number of imide groups is 1. The van der Waals surface area contributed by atoms with Crippen molar-refractivity contribution in [3.8, 4) is 0 Å². The first-order valence-corrected chi connectivity index (χ1v) is 14.3. The highest BCUT2D eigenvalue weighted by molar-refractivity contribution is 8.00. The van der Waals surface area contributed by atoms with Crippen LogP contribution in [0.25, 0.3) is 0 Å². The molecule has 1 aromatic heterocycles. The fourth-order valence-electron chi connectivity index (χ4n) is 4.10. The number of aromatic amines is 1. The average molecular weight is 545 g/mol. The number of aromatic nitrogens is 2. The van der Waals surface area contributed by atoms with Crippen LogP contribution < -0.4 is 11.1 Å². The van der Waals surface area contributed by atoms with E-state index in [9.17, 15) is 9.59 Å². The summed E-state index contributed by atoms with van der Waals surface area (Å²) in [6.07, 6.45) is 3.32. The summed E-state index contributed by atoms with van der Waals surface area (Å²) in [7, 11) is 0. The van der Waals surface area contributed by atoms with Crippen molar-refractivity contribution in [1.82, 2.24) is 15.3 Å². The van der Waals surface area contributed by atoms with E-state index in [0.29, 0.717) is 11.5 Å². The van der Waals surface area contributed by atoms with Gasteiger partial charge in [-0.1, -0.05) is 91.0 Å².